The fourth-order valence-electron chi connectivity index (χ4n) is 2.63. The zero-order valence-corrected chi connectivity index (χ0v) is 12.5. The number of hydrogen-bond acceptors (Lipinski definition) is 5. The summed E-state index contributed by atoms with van der Waals surface area (Å²) in [6, 6.07) is 7.38. The van der Waals surface area contributed by atoms with Gasteiger partial charge in [-0.05, 0) is 19.1 Å². The maximum atomic E-state index is 12.0. The number of piperazine rings is 1. The van der Waals surface area contributed by atoms with E-state index in [4.69, 9.17) is 9.15 Å². The minimum atomic E-state index is -0.353. The molecule has 2 aromatic rings. The Balaban J connectivity index is 1.66. The lowest BCUT2D eigenvalue weighted by molar-refractivity contribution is 0.0705. The summed E-state index contributed by atoms with van der Waals surface area (Å²) in [5.74, 6) is -0.353. The van der Waals surface area contributed by atoms with Crippen LogP contribution in [0.2, 0.25) is 0 Å². The maximum Gasteiger partial charge on any atom is 0.421 e. The molecule has 0 unspecified atom stereocenters. The van der Waals surface area contributed by atoms with Crippen molar-refractivity contribution >= 4 is 17.2 Å². The number of nitrogens with zero attached hydrogens (tertiary/aromatic N) is 3. The van der Waals surface area contributed by atoms with Crippen LogP contribution in [0, 0.1) is 0 Å². The van der Waals surface area contributed by atoms with E-state index in [1.807, 2.05) is 18.2 Å². The molecule has 0 spiro atoms. The molecule has 7 heteroatoms. The van der Waals surface area contributed by atoms with Gasteiger partial charge in [0.2, 0.25) is 0 Å². The summed E-state index contributed by atoms with van der Waals surface area (Å²) < 4.78 is 11.8. The van der Waals surface area contributed by atoms with Crippen LogP contribution in [0.4, 0.5) is 4.79 Å². The van der Waals surface area contributed by atoms with Gasteiger partial charge in [-0.2, -0.15) is 0 Å². The first-order valence-corrected chi connectivity index (χ1v) is 7.41. The molecule has 1 aliphatic rings. The van der Waals surface area contributed by atoms with E-state index in [-0.39, 0.29) is 11.8 Å². The highest BCUT2D eigenvalue weighted by molar-refractivity contribution is 5.72. The van der Waals surface area contributed by atoms with E-state index in [1.54, 1.807) is 22.5 Å². The minimum absolute atomic E-state index is 0.270. The van der Waals surface area contributed by atoms with E-state index in [0.29, 0.717) is 45.0 Å². The van der Waals surface area contributed by atoms with Crippen molar-refractivity contribution in [1.82, 2.24) is 14.4 Å². The van der Waals surface area contributed by atoms with Crippen molar-refractivity contribution < 1.29 is 13.9 Å². The lowest BCUT2D eigenvalue weighted by Crippen LogP contribution is -2.49. The number of benzene rings is 1. The normalized spacial score (nSPS) is 16.1. The van der Waals surface area contributed by atoms with Crippen molar-refractivity contribution in [2.75, 3.05) is 32.8 Å². The Labute approximate surface area is 127 Å². The van der Waals surface area contributed by atoms with Crippen LogP contribution < -0.4 is 5.76 Å². The SMILES string of the molecule is CCOC(=O)N1CCN(Cn2c(=O)oc3ccccc32)CC1. The van der Waals surface area contributed by atoms with Gasteiger partial charge in [0.05, 0.1) is 18.8 Å². The van der Waals surface area contributed by atoms with Gasteiger partial charge < -0.3 is 14.1 Å². The molecule has 0 bridgehead atoms. The zero-order chi connectivity index (χ0) is 15.5. The van der Waals surface area contributed by atoms with Crippen LogP contribution in [0.5, 0.6) is 0 Å². The summed E-state index contributed by atoms with van der Waals surface area (Å²) in [7, 11) is 0. The first kappa shape index (κ1) is 14.6. The van der Waals surface area contributed by atoms with Gasteiger partial charge in [0.1, 0.15) is 0 Å². The predicted molar refractivity (Wildman–Crippen MR) is 80.6 cm³/mol. The first-order chi connectivity index (χ1) is 10.7. The average molecular weight is 305 g/mol. The Morgan fingerprint density at radius 1 is 1.23 bits per heavy atom. The zero-order valence-electron chi connectivity index (χ0n) is 12.5. The van der Waals surface area contributed by atoms with Gasteiger partial charge >= 0.3 is 11.8 Å². The number of oxazole rings is 1. The van der Waals surface area contributed by atoms with Crippen molar-refractivity contribution in [3.05, 3.63) is 34.8 Å². The Hall–Kier alpha value is -2.28. The van der Waals surface area contributed by atoms with Crippen LogP contribution in [0.25, 0.3) is 11.1 Å². The lowest BCUT2D eigenvalue weighted by atomic mass is 10.3. The third-order valence-corrected chi connectivity index (χ3v) is 3.81. The second-order valence-corrected chi connectivity index (χ2v) is 5.21. The third kappa shape index (κ3) is 2.85. The molecule has 0 N–H and O–H groups in total. The molecule has 2 heterocycles. The number of carbonyl (C=O) groups excluding carboxylic acids is 1. The molecule has 118 valence electrons. The molecule has 1 aliphatic heterocycles. The molecule has 1 aromatic heterocycles. The number of fused-ring (bicyclic) bond motifs is 1. The minimum Gasteiger partial charge on any atom is -0.450 e. The van der Waals surface area contributed by atoms with Crippen molar-refractivity contribution in [2.24, 2.45) is 0 Å². The molecule has 3 rings (SSSR count). The average Bonchev–Trinajstić information content (AvgIpc) is 2.84. The van der Waals surface area contributed by atoms with Gasteiger partial charge in [-0.3, -0.25) is 9.47 Å². The molecular formula is C15H19N3O4. The fourth-order valence-corrected chi connectivity index (χ4v) is 2.63. The van der Waals surface area contributed by atoms with Gasteiger partial charge in [0.25, 0.3) is 0 Å². The van der Waals surface area contributed by atoms with Gasteiger partial charge in [0, 0.05) is 26.2 Å². The number of carbonyl (C=O) groups is 1. The highest BCUT2D eigenvalue weighted by Gasteiger charge is 2.23. The molecule has 7 nitrogen and oxygen atoms in total. The fraction of sp³-hybridized carbons (Fsp3) is 0.467. The highest BCUT2D eigenvalue weighted by Crippen LogP contribution is 2.13. The van der Waals surface area contributed by atoms with E-state index < -0.39 is 0 Å². The number of aromatic nitrogens is 1. The monoisotopic (exact) mass is 305 g/mol. The molecule has 0 radical (unpaired) electrons. The van der Waals surface area contributed by atoms with E-state index in [9.17, 15) is 9.59 Å². The number of para-hydroxylation sites is 2. The van der Waals surface area contributed by atoms with Gasteiger partial charge in [0.15, 0.2) is 5.58 Å². The topological polar surface area (TPSA) is 67.9 Å². The maximum absolute atomic E-state index is 12.0. The van der Waals surface area contributed by atoms with Gasteiger partial charge in [-0.15, -0.1) is 0 Å². The van der Waals surface area contributed by atoms with Crippen molar-refractivity contribution in [1.29, 1.82) is 0 Å². The largest absolute Gasteiger partial charge is 0.450 e. The van der Waals surface area contributed by atoms with Crippen LogP contribution in [-0.4, -0.2) is 53.2 Å². The molecule has 22 heavy (non-hydrogen) atoms. The van der Waals surface area contributed by atoms with Crippen molar-refractivity contribution in [3.8, 4) is 0 Å². The summed E-state index contributed by atoms with van der Waals surface area (Å²) >= 11 is 0. The van der Waals surface area contributed by atoms with Gasteiger partial charge in [-0.25, -0.2) is 9.59 Å². The summed E-state index contributed by atoms with van der Waals surface area (Å²) in [6.07, 6.45) is -0.270. The van der Waals surface area contributed by atoms with E-state index in [0.717, 1.165) is 5.52 Å². The second kappa shape index (κ2) is 6.23. The van der Waals surface area contributed by atoms with Crippen LogP contribution in [0.15, 0.2) is 33.5 Å². The molecular weight excluding hydrogens is 286 g/mol. The molecule has 0 atom stereocenters. The van der Waals surface area contributed by atoms with E-state index >= 15 is 0 Å². The van der Waals surface area contributed by atoms with Crippen molar-refractivity contribution in [3.63, 3.8) is 0 Å². The van der Waals surface area contributed by atoms with Crippen LogP contribution in [-0.2, 0) is 11.4 Å². The smallest absolute Gasteiger partial charge is 0.421 e. The Morgan fingerprint density at radius 3 is 2.68 bits per heavy atom. The Kier molecular flexibility index (Phi) is 4.15. The van der Waals surface area contributed by atoms with Crippen LogP contribution >= 0.6 is 0 Å². The summed E-state index contributed by atoms with van der Waals surface area (Å²) in [6.45, 7) is 5.24. The molecule has 1 fully saturated rings. The van der Waals surface area contributed by atoms with Crippen LogP contribution in [0.1, 0.15) is 6.92 Å². The highest BCUT2D eigenvalue weighted by atomic mass is 16.6. The summed E-state index contributed by atoms with van der Waals surface area (Å²) in [4.78, 5) is 27.4. The summed E-state index contributed by atoms with van der Waals surface area (Å²) in [5, 5.41) is 0. The molecule has 0 aliphatic carbocycles. The van der Waals surface area contributed by atoms with E-state index in [1.165, 1.54) is 0 Å². The second-order valence-electron chi connectivity index (χ2n) is 5.21. The van der Waals surface area contributed by atoms with Gasteiger partial charge in [-0.1, -0.05) is 12.1 Å². The molecule has 0 saturated carbocycles. The number of hydrogen-bond donors (Lipinski definition) is 0. The number of amides is 1. The van der Waals surface area contributed by atoms with Crippen LogP contribution in [0.3, 0.4) is 0 Å². The van der Waals surface area contributed by atoms with E-state index in [2.05, 4.69) is 4.90 Å². The molecule has 1 amide bonds. The summed E-state index contributed by atoms with van der Waals surface area (Å²) in [5.41, 5.74) is 1.39. The molecule has 1 saturated heterocycles. The first-order valence-electron chi connectivity index (χ1n) is 7.41. The quantitative estimate of drug-likeness (QED) is 0.855. The third-order valence-electron chi connectivity index (χ3n) is 3.81. The standard InChI is InChI=1S/C15H19N3O4/c1-2-21-14(19)17-9-7-16(8-10-17)11-18-12-5-3-4-6-13(12)22-15(18)20/h3-6H,2,7-11H2,1H3. The van der Waals surface area contributed by atoms with Crippen molar-refractivity contribution in [2.45, 2.75) is 13.6 Å². The Bertz CT molecular complexity index is 713. The Morgan fingerprint density at radius 2 is 1.95 bits per heavy atom. The predicted octanol–water partition coefficient (Wildman–Crippen LogP) is 1.33. The lowest BCUT2D eigenvalue weighted by Gasteiger charge is -2.33. The molecule has 1 aromatic carbocycles. The number of rotatable bonds is 3. The number of ether oxygens (including phenoxy) is 1.